The molecule has 14 aromatic rings. The van der Waals surface area contributed by atoms with E-state index in [1.165, 1.54) is 132 Å². The Morgan fingerprint density at radius 3 is 0.884 bits per heavy atom. The van der Waals surface area contributed by atoms with Crippen LogP contribution < -0.4 is 9.80 Å². The van der Waals surface area contributed by atoms with Crippen molar-refractivity contribution in [2.75, 3.05) is 9.80 Å². The van der Waals surface area contributed by atoms with Crippen LogP contribution in [0.2, 0.25) is 0 Å². The summed E-state index contributed by atoms with van der Waals surface area (Å²) in [6.07, 6.45) is 0. The van der Waals surface area contributed by atoms with Crippen molar-refractivity contribution in [2.24, 2.45) is 0 Å². The summed E-state index contributed by atoms with van der Waals surface area (Å²) in [7, 11) is 0. The molecule has 0 N–H and O–H groups in total. The molecule has 2 aliphatic rings. The number of nitrogens with zero attached hydrogens (tertiary/aromatic N) is 2. The van der Waals surface area contributed by atoms with Gasteiger partial charge in [0.1, 0.15) is 0 Å². The highest BCUT2D eigenvalue weighted by atomic mass is 15.2. The number of anilines is 6. The van der Waals surface area contributed by atoms with Gasteiger partial charge in [-0.25, -0.2) is 0 Å². The third-order valence-corrected chi connectivity index (χ3v) is 19.0. The second-order valence-electron chi connectivity index (χ2n) is 24.5. The zero-order chi connectivity index (χ0) is 58.0. The molecule has 0 unspecified atom stereocenters. The van der Waals surface area contributed by atoms with E-state index in [2.05, 4.69) is 330 Å². The Balaban J connectivity index is 0.913. The monoisotopic (exact) mass is 1100 g/mol. The molecule has 0 amide bonds. The molecule has 0 aliphatic heterocycles. The molecule has 0 bridgehead atoms. The van der Waals surface area contributed by atoms with Crippen molar-refractivity contribution in [3.63, 3.8) is 0 Å². The fraction of sp³-hybridized carbons (Fsp3) is 0.0952. The van der Waals surface area contributed by atoms with Gasteiger partial charge in [0, 0.05) is 33.5 Å². The van der Waals surface area contributed by atoms with Crippen LogP contribution in [-0.4, -0.2) is 0 Å². The molecule has 0 fully saturated rings. The average molecular weight is 1100 g/mol. The molecule has 0 radical (unpaired) electrons. The smallest absolute Gasteiger partial charge is 0.0714 e. The second-order valence-corrected chi connectivity index (χ2v) is 24.5. The van der Waals surface area contributed by atoms with Gasteiger partial charge in [0.2, 0.25) is 0 Å². The molecule has 0 saturated heterocycles. The average Bonchev–Trinajstić information content (AvgIpc) is 1.52. The Bertz CT molecular complexity index is 4610. The lowest BCUT2D eigenvalue weighted by Crippen LogP contribution is -2.29. The summed E-state index contributed by atoms with van der Waals surface area (Å²) in [5, 5.41) is 7.33. The Kier molecular flexibility index (Phi) is 11.7. The molecule has 2 aliphatic carbocycles. The number of hydrogen-bond acceptors (Lipinski definition) is 2. The number of fused-ring (bicyclic) bond motifs is 6. The van der Waals surface area contributed by atoms with Crippen LogP contribution >= 0.6 is 0 Å². The van der Waals surface area contributed by atoms with Crippen molar-refractivity contribution in [2.45, 2.75) is 52.4 Å². The first kappa shape index (κ1) is 51.4. The number of benzene rings is 14. The highest BCUT2D eigenvalue weighted by Gasteiger charge is 2.48. The maximum absolute atomic E-state index is 2.51. The fourth-order valence-corrected chi connectivity index (χ4v) is 15.4. The lowest BCUT2D eigenvalue weighted by atomic mass is 9.67. The largest absolute Gasteiger partial charge is 0.310 e. The van der Waals surface area contributed by atoms with Gasteiger partial charge in [-0.1, -0.05) is 241 Å². The van der Waals surface area contributed by atoms with Gasteiger partial charge < -0.3 is 9.80 Å². The molecule has 0 saturated carbocycles. The summed E-state index contributed by atoms with van der Waals surface area (Å²) in [5.41, 5.74) is 28.4. The minimum absolute atomic E-state index is 0.563. The number of hydrogen-bond donors (Lipinski definition) is 0. The minimum atomic E-state index is -0.563. The van der Waals surface area contributed by atoms with Crippen molar-refractivity contribution in [3.05, 3.63) is 357 Å². The topological polar surface area (TPSA) is 6.48 Å². The van der Waals surface area contributed by atoms with Crippen LogP contribution in [0.3, 0.4) is 0 Å². The Morgan fingerprint density at radius 2 is 0.535 bits per heavy atom. The van der Waals surface area contributed by atoms with E-state index in [0.717, 1.165) is 34.1 Å². The van der Waals surface area contributed by atoms with Gasteiger partial charge in [-0.2, -0.15) is 0 Å². The van der Waals surface area contributed by atoms with Crippen molar-refractivity contribution in [1.82, 2.24) is 0 Å². The van der Waals surface area contributed by atoms with Gasteiger partial charge in [-0.05, 0) is 202 Å². The highest BCUT2D eigenvalue weighted by Crippen LogP contribution is 2.60. The van der Waals surface area contributed by atoms with E-state index in [1.54, 1.807) is 0 Å². The third kappa shape index (κ3) is 7.65. The summed E-state index contributed by atoms with van der Waals surface area (Å²) in [6.45, 7) is 13.3. The highest BCUT2D eigenvalue weighted by molar-refractivity contribution is 6.28. The SMILES string of the molecule is Cc1cccc(N(c2cccc(C3(c4ccccc4)c4cc(C)ccc4-c4ccc(C)cc43)c2)c2ccc3ccc4c(N(c5cccc(C)c5)c5cccc(C6(c7ccccc7)c7cc(C)ccc7-c7ccc(C)cc76)c5)ccc5ccc2c3c54)c1. The van der Waals surface area contributed by atoms with Gasteiger partial charge in [0.25, 0.3) is 0 Å². The van der Waals surface area contributed by atoms with E-state index in [-0.39, 0.29) is 0 Å². The van der Waals surface area contributed by atoms with Crippen LogP contribution in [0.4, 0.5) is 34.1 Å². The maximum Gasteiger partial charge on any atom is 0.0714 e. The first-order chi connectivity index (χ1) is 42.1. The predicted molar refractivity (Wildman–Crippen MR) is 363 cm³/mol. The fourth-order valence-electron chi connectivity index (χ4n) is 15.4. The molecule has 14 aromatic carbocycles. The lowest BCUT2D eigenvalue weighted by molar-refractivity contribution is 0.766. The summed E-state index contributed by atoms with van der Waals surface area (Å²) in [4.78, 5) is 5.03. The van der Waals surface area contributed by atoms with Gasteiger partial charge >= 0.3 is 0 Å². The maximum atomic E-state index is 2.51. The Labute approximate surface area is 504 Å². The Morgan fingerprint density at radius 1 is 0.233 bits per heavy atom. The van der Waals surface area contributed by atoms with Gasteiger partial charge in [0.15, 0.2) is 0 Å². The van der Waals surface area contributed by atoms with Gasteiger partial charge in [0.05, 0.1) is 22.2 Å². The van der Waals surface area contributed by atoms with Crippen LogP contribution in [0.15, 0.2) is 279 Å². The molecule has 0 aromatic heterocycles. The van der Waals surface area contributed by atoms with Crippen molar-refractivity contribution in [3.8, 4) is 22.3 Å². The first-order valence-corrected chi connectivity index (χ1v) is 30.3. The summed E-state index contributed by atoms with van der Waals surface area (Å²) >= 11 is 0. The van der Waals surface area contributed by atoms with E-state index >= 15 is 0 Å². The minimum Gasteiger partial charge on any atom is -0.310 e. The predicted octanol–water partition coefficient (Wildman–Crippen LogP) is 22.1. The molecule has 86 heavy (non-hydrogen) atoms. The molecule has 0 atom stereocenters. The zero-order valence-corrected chi connectivity index (χ0v) is 49.5. The molecule has 16 rings (SSSR count). The number of aryl methyl sites for hydroxylation is 6. The quantitative estimate of drug-likeness (QED) is 0.126. The summed E-state index contributed by atoms with van der Waals surface area (Å²) < 4.78 is 0. The van der Waals surface area contributed by atoms with Crippen LogP contribution in [0, 0.1) is 41.5 Å². The van der Waals surface area contributed by atoms with Gasteiger partial charge in [-0.15, -0.1) is 0 Å². The summed E-state index contributed by atoms with van der Waals surface area (Å²) in [6, 6.07) is 106. The standard InChI is InChI=1S/C84H64N2/c1-53-17-13-25-65(45-53)85(67-27-15-23-63(51-67)83(61-19-9-7-10-20-61)75-47-55(3)29-37-69(75)70-38-30-56(4)48-76(70)83)79-43-35-59-34-42-74-80(44-36-60-33-41-73(79)81(59)82(60)74)86(66-26-14-18-54(2)46-66)68-28-16-24-64(52-68)84(62-21-11-8-12-22-62)77-49-57(5)31-39-71(77)72-40-32-58(6)50-78(72)84/h7-52H,1-6H3. The molecule has 410 valence electrons. The third-order valence-electron chi connectivity index (χ3n) is 19.0. The van der Waals surface area contributed by atoms with E-state index in [4.69, 9.17) is 0 Å². The van der Waals surface area contributed by atoms with E-state index in [1.807, 2.05) is 0 Å². The molecule has 2 heteroatoms. The molecule has 2 nitrogen and oxygen atoms in total. The van der Waals surface area contributed by atoms with Crippen LogP contribution in [0.5, 0.6) is 0 Å². The second kappa shape index (κ2) is 19.7. The van der Waals surface area contributed by atoms with Crippen molar-refractivity contribution < 1.29 is 0 Å². The number of rotatable bonds is 10. The Hall–Kier alpha value is -10.3. The molecular formula is C84H64N2. The van der Waals surface area contributed by atoms with Crippen LogP contribution in [-0.2, 0) is 10.8 Å². The molecular weight excluding hydrogens is 1040 g/mol. The van der Waals surface area contributed by atoms with E-state index in [0.29, 0.717) is 0 Å². The van der Waals surface area contributed by atoms with Gasteiger partial charge in [-0.3, -0.25) is 0 Å². The van der Waals surface area contributed by atoms with E-state index < -0.39 is 10.8 Å². The zero-order valence-electron chi connectivity index (χ0n) is 49.5. The van der Waals surface area contributed by atoms with Crippen LogP contribution in [0.1, 0.15) is 77.9 Å². The molecule has 0 heterocycles. The van der Waals surface area contributed by atoms with Crippen LogP contribution in [0.25, 0.3) is 54.6 Å². The van der Waals surface area contributed by atoms with Crippen molar-refractivity contribution in [1.29, 1.82) is 0 Å². The van der Waals surface area contributed by atoms with E-state index in [9.17, 15) is 0 Å². The normalized spacial score (nSPS) is 13.4. The first-order valence-electron chi connectivity index (χ1n) is 30.3. The van der Waals surface area contributed by atoms with Crippen molar-refractivity contribution >= 4 is 66.4 Å². The lowest BCUT2D eigenvalue weighted by Gasteiger charge is -2.36. The summed E-state index contributed by atoms with van der Waals surface area (Å²) in [5.74, 6) is 0. The molecule has 0 spiro atoms.